The smallest absolute Gasteiger partial charge is 0.225 e. The fourth-order valence-corrected chi connectivity index (χ4v) is 5.17. The van der Waals surface area contributed by atoms with E-state index in [0.29, 0.717) is 6.42 Å². The van der Waals surface area contributed by atoms with E-state index in [0.717, 1.165) is 42.7 Å². The molecule has 27 heavy (non-hydrogen) atoms. The van der Waals surface area contributed by atoms with Crippen LogP contribution < -0.4 is 5.32 Å². The number of aryl methyl sites for hydroxylation is 1. The molecule has 1 amide bonds. The van der Waals surface area contributed by atoms with Crippen LogP contribution in [0.4, 0.5) is 5.00 Å². The quantitative estimate of drug-likeness (QED) is 0.410. The molecule has 0 radical (unpaired) electrons. The molecule has 1 heterocycles. The number of nitrogens with zero attached hydrogens (tertiary/aromatic N) is 1. The Morgan fingerprint density at radius 2 is 1.59 bits per heavy atom. The highest BCUT2D eigenvalue weighted by atomic mass is 32.1. The van der Waals surface area contributed by atoms with Gasteiger partial charge in [-0.15, -0.1) is 11.3 Å². The lowest BCUT2D eigenvalue weighted by atomic mass is 9.97. The van der Waals surface area contributed by atoms with E-state index in [1.165, 1.54) is 74.6 Å². The molecular formula is C23H36N2OS. The third-order valence-electron chi connectivity index (χ3n) is 5.54. The molecule has 0 aromatic carbocycles. The van der Waals surface area contributed by atoms with Gasteiger partial charge in [0.2, 0.25) is 5.91 Å². The van der Waals surface area contributed by atoms with Crippen molar-refractivity contribution in [2.45, 2.75) is 110 Å². The summed E-state index contributed by atoms with van der Waals surface area (Å²) in [7, 11) is 0. The minimum atomic E-state index is 0.0728. The van der Waals surface area contributed by atoms with Crippen LogP contribution in [0.5, 0.6) is 0 Å². The molecule has 0 saturated carbocycles. The Bertz CT molecular complexity index is 615. The van der Waals surface area contributed by atoms with E-state index in [9.17, 15) is 10.1 Å². The maximum absolute atomic E-state index is 12.3. The standard InChI is InChI=1S/C23H36N2OS/c1-2-3-4-5-6-7-8-9-14-17-22(26)25-23-20(18-24)19-15-12-10-11-13-16-21(19)27-23/h2-17H2,1H3,(H,25,26). The highest BCUT2D eigenvalue weighted by molar-refractivity contribution is 7.16. The summed E-state index contributed by atoms with van der Waals surface area (Å²) in [4.78, 5) is 13.6. The zero-order chi connectivity index (χ0) is 19.3. The van der Waals surface area contributed by atoms with Crippen LogP contribution in [0.1, 0.15) is 113 Å². The molecule has 0 bridgehead atoms. The van der Waals surface area contributed by atoms with Crippen LogP contribution in [-0.2, 0) is 17.6 Å². The number of hydrogen-bond donors (Lipinski definition) is 1. The van der Waals surface area contributed by atoms with Crippen LogP contribution in [0.25, 0.3) is 0 Å². The van der Waals surface area contributed by atoms with Gasteiger partial charge < -0.3 is 5.32 Å². The number of unbranched alkanes of at least 4 members (excludes halogenated alkanes) is 8. The topological polar surface area (TPSA) is 52.9 Å². The van der Waals surface area contributed by atoms with Crippen molar-refractivity contribution in [3.8, 4) is 6.07 Å². The first kappa shape index (κ1) is 22.0. The molecule has 0 fully saturated rings. The lowest BCUT2D eigenvalue weighted by molar-refractivity contribution is -0.116. The van der Waals surface area contributed by atoms with E-state index >= 15 is 0 Å². The van der Waals surface area contributed by atoms with Gasteiger partial charge in [0.05, 0.1) is 5.56 Å². The first-order valence-corrected chi connectivity index (χ1v) is 11.9. The van der Waals surface area contributed by atoms with Crippen LogP contribution in [0, 0.1) is 11.3 Å². The van der Waals surface area contributed by atoms with Crippen molar-refractivity contribution in [1.82, 2.24) is 0 Å². The molecule has 0 saturated heterocycles. The molecule has 0 spiro atoms. The Balaban J connectivity index is 1.71. The monoisotopic (exact) mass is 388 g/mol. The van der Waals surface area contributed by atoms with Gasteiger partial charge >= 0.3 is 0 Å². The maximum atomic E-state index is 12.3. The Morgan fingerprint density at radius 3 is 2.26 bits per heavy atom. The van der Waals surface area contributed by atoms with E-state index in [1.807, 2.05) is 0 Å². The van der Waals surface area contributed by atoms with Crippen molar-refractivity contribution >= 4 is 22.2 Å². The average Bonchev–Trinajstić information content (AvgIpc) is 2.95. The second-order valence-corrected chi connectivity index (χ2v) is 8.97. The predicted molar refractivity (Wildman–Crippen MR) is 115 cm³/mol. The van der Waals surface area contributed by atoms with Gasteiger partial charge in [-0.25, -0.2) is 0 Å². The number of nitrogens with one attached hydrogen (secondary N) is 1. The zero-order valence-corrected chi connectivity index (χ0v) is 17.9. The summed E-state index contributed by atoms with van der Waals surface area (Å²) in [5, 5.41) is 13.4. The van der Waals surface area contributed by atoms with Gasteiger partial charge in [0, 0.05) is 11.3 Å². The van der Waals surface area contributed by atoms with Crippen molar-refractivity contribution in [2.75, 3.05) is 5.32 Å². The summed E-state index contributed by atoms with van der Waals surface area (Å²) in [5.74, 6) is 0.0728. The number of rotatable bonds is 11. The van der Waals surface area contributed by atoms with E-state index in [4.69, 9.17) is 0 Å². The summed E-state index contributed by atoms with van der Waals surface area (Å²) in [6.45, 7) is 2.25. The summed E-state index contributed by atoms with van der Waals surface area (Å²) in [6, 6.07) is 2.36. The largest absolute Gasteiger partial charge is 0.317 e. The van der Waals surface area contributed by atoms with Gasteiger partial charge in [-0.1, -0.05) is 71.1 Å². The number of amides is 1. The van der Waals surface area contributed by atoms with Gasteiger partial charge in [0.15, 0.2) is 0 Å². The number of anilines is 1. The van der Waals surface area contributed by atoms with Gasteiger partial charge in [-0.3, -0.25) is 4.79 Å². The van der Waals surface area contributed by atoms with Crippen LogP contribution in [-0.4, -0.2) is 5.91 Å². The Morgan fingerprint density at radius 1 is 0.963 bits per heavy atom. The van der Waals surface area contributed by atoms with Crippen LogP contribution in [0.15, 0.2) is 0 Å². The van der Waals surface area contributed by atoms with Crippen molar-refractivity contribution < 1.29 is 4.79 Å². The van der Waals surface area contributed by atoms with Gasteiger partial charge in [-0.05, 0) is 37.7 Å². The summed E-state index contributed by atoms with van der Waals surface area (Å²) in [6.07, 6.45) is 18.8. The highest BCUT2D eigenvalue weighted by Crippen LogP contribution is 2.36. The number of nitriles is 1. The third-order valence-corrected chi connectivity index (χ3v) is 6.75. The Labute approximate surface area is 169 Å². The molecule has 0 atom stereocenters. The van der Waals surface area contributed by atoms with E-state index in [2.05, 4.69) is 18.3 Å². The first-order chi connectivity index (χ1) is 13.3. The molecule has 3 nitrogen and oxygen atoms in total. The fraction of sp³-hybridized carbons (Fsp3) is 0.739. The Hall–Kier alpha value is -1.34. The predicted octanol–water partition coefficient (Wildman–Crippen LogP) is 7.14. The van der Waals surface area contributed by atoms with Crippen molar-refractivity contribution in [1.29, 1.82) is 5.26 Å². The van der Waals surface area contributed by atoms with E-state index < -0.39 is 0 Å². The van der Waals surface area contributed by atoms with E-state index in [-0.39, 0.29) is 5.91 Å². The molecule has 150 valence electrons. The molecule has 1 aliphatic rings. The maximum Gasteiger partial charge on any atom is 0.225 e. The number of carbonyl (C=O) groups is 1. The third kappa shape index (κ3) is 7.66. The zero-order valence-electron chi connectivity index (χ0n) is 17.1. The first-order valence-electron chi connectivity index (χ1n) is 11.1. The van der Waals surface area contributed by atoms with Crippen molar-refractivity contribution in [3.63, 3.8) is 0 Å². The van der Waals surface area contributed by atoms with E-state index in [1.54, 1.807) is 11.3 Å². The van der Waals surface area contributed by atoms with Gasteiger partial charge in [0.25, 0.3) is 0 Å². The molecule has 0 unspecified atom stereocenters. The second kappa shape index (κ2) is 12.9. The molecule has 1 aromatic heterocycles. The summed E-state index contributed by atoms with van der Waals surface area (Å²) in [5.41, 5.74) is 1.94. The van der Waals surface area contributed by atoms with Crippen LogP contribution in [0.2, 0.25) is 0 Å². The summed E-state index contributed by atoms with van der Waals surface area (Å²) < 4.78 is 0. The molecular weight excluding hydrogens is 352 g/mol. The lowest BCUT2D eigenvalue weighted by Gasteiger charge is -2.08. The average molecular weight is 389 g/mol. The van der Waals surface area contributed by atoms with Gasteiger partial charge in [-0.2, -0.15) is 5.26 Å². The fourth-order valence-electron chi connectivity index (χ4n) is 3.91. The van der Waals surface area contributed by atoms with Crippen molar-refractivity contribution in [2.24, 2.45) is 0 Å². The molecule has 1 aromatic rings. The van der Waals surface area contributed by atoms with Crippen LogP contribution >= 0.6 is 11.3 Å². The Kier molecular flexibility index (Phi) is 10.5. The SMILES string of the molecule is CCCCCCCCCCCC(=O)Nc1sc2c(c1C#N)CCCCCC2. The molecule has 1 aliphatic carbocycles. The van der Waals surface area contributed by atoms with Gasteiger partial charge in [0.1, 0.15) is 11.1 Å². The second-order valence-electron chi connectivity index (χ2n) is 7.86. The highest BCUT2D eigenvalue weighted by Gasteiger charge is 2.20. The molecule has 1 N–H and O–H groups in total. The molecule has 0 aliphatic heterocycles. The number of carbonyl (C=O) groups excluding carboxylic acids is 1. The molecule has 2 rings (SSSR count). The normalized spacial score (nSPS) is 14.1. The van der Waals surface area contributed by atoms with Crippen molar-refractivity contribution in [3.05, 3.63) is 16.0 Å². The minimum absolute atomic E-state index is 0.0728. The van der Waals surface area contributed by atoms with Crippen LogP contribution in [0.3, 0.4) is 0 Å². The number of thiophene rings is 1. The lowest BCUT2D eigenvalue weighted by Crippen LogP contribution is -2.11. The number of hydrogen-bond acceptors (Lipinski definition) is 3. The minimum Gasteiger partial charge on any atom is -0.317 e. The number of fused-ring (bicyclic) bond motifs is 1. The molecule has 4 heteroatoms. The summed E-state index contributed by atoms with van der Waals surface area (Å²) >= 11 is 1.64.